The summed E-state index contributed by atoms with van der Waals surface area (Å²) in [7, 11) is 1.33. The van der Waals surface area contributed by atoms with Crippen molar-refractivity contribution < 1.29 is 9.53 Å². The van der Waals surface area contributed by atoms with Gasteiger partial charge in [0.25, 0.3) is 0 Å². The van der Waals surface area contributed by atoms with Crippen molar-refractivity contribution in [2.45, 2.75) is 0 Å². The third-order valence-corrected chi connectivity index (χ3v) is 3.00. The second kappa shape index (κ2) is 5.16. The Morgan fingerprint density at radius 1 is 1.41 bits per heavy atom. The SMILES string of the molecule is COC(=O)c1csc(Nc2ccc(Cl)cc2)n1. The molecule has 0 aliphatic heterocycles. The summed E-state index contributed by atoms with van der Waals surface area (Å²) >= 11 is 7.11. The molecule has 0 unspecified atom stereocenters. The van der Waals surface area contributed by atoms with Gasteiger partial charge in [0.2, 0.25) is 0 Å². The Morgan fingerprint density at radius 2 is 2.12 bits per heavy atom. The standard InChI is InChI=1S/C11H9ClN2O2S/c1-16-10(15)9-6-17-11(14-9)13-8-4-2-7(12)3-5-8/h2-6H,1H3,(H,13,14). The molecule has 0 fully saturated rings. The number of methoxy groups -OCH3 is 1. The van der Waals surface area contributed by atoms with E-state index in [4.69, 9.17) is 11.6 Å². The van der Waals surface area contributed by atoms with E-state index in [2.05, 4.69) is 15.0 Å². The van der Waals surface area contributed by atoms with Crippen molar-refractivity contribution in [1.29, 1.82) is 0 Å². The Hall–Kier alpha value is -1.59. The number of hydrogen-bond acceptors (Lipinski definition) is 5. The molecule has 0 amide bonds. The van der Waals surface area contributed by atoms with Crippen molar-refractivity contribution in [3.05, 3.63) is 40.4 Å². The van der Waals surface area contributed by atoms with Gasteiger partial charge in [-0.2, -0.15) is 0 Å². The van der Waals surface area contributed by atoms with Crippen LogP contribution in [-0.4, -0.2) is 18.1 Å². The van der Waals surface area contributed by atoms with Crippen LogP contribution in [0.1, 0.15) is 10.5 Å². The molecule has 88 valence electrons. The maximum absolute atomic E-state index is 11.2. The highest BCUT2D eigenvalue weighted by molar-refractivity contribution is 7.14. The van der Waals surface area contributed by atoms with E-state index in [0.717, 1.165) is 5.69 Å². The van der Waals surface area contributed by atoms with Gasteiger partial charge in [0, 0.05) is 16.1 Å². The summed E-state index contributed by atoms with van der Waals surface area (Å²) in [6.07, 6.45) is 0. The molecule has 1 aromatic carbocycles. The molecule has 1 heterocycles. The van der Waals surface area contributed by atoms with E-state index in [9.17, 15) is 4.79 Å². The zero-order valence-electron chi connectivity index (χ0n) is 8.94. The fourth-order valence-corrected chi connectivity index (χ4v) is 2.01. The molecule has 2 aromatic rings. The highest BCUT2D eigenvalue weighted by atomic mass is 35.5. The van der Waals surface area contributed by atoms with E-state index in [1.165, 1.54) is 18.4 Å². The normalized spacial score (nSPS) is 10.0. The van der Waals surface area contributed by atoms with Gasteiger partial charge in [-0.05, 0) is 24.3 Å². The predicted molar refractivity (Wildman–Crippen MR) is 68.2 cm³/mol. The fourth-order valence-electron chi connectivity index (χ4n) is 1.19. The van der Waals surface area contributed by atoms with Crippen molar-refractivity contribution in [2.24, 2.45) is 0 Å². The van der Waals surface area contributed by atoms with Crippen molar-refractivity contribution in [3.8, 4) is 0 Å². The van der Waals surface area contributed by atoms with Crippen LogP contribution in [0, 0.1) is 0 Å². The monoisotopic (exact) mass is 268 g/mol. The van der Waals surface area contributed by atoms with E-state index in [1.54, 1.807) is 17.5 Å². The molecule has 1 N–H and O–H groups in total. The second-order valence-electron chi connectivity index (χ2n) is 3.16. The zero-order valence-corrected chi connectivity index (χ0v) is 10.5. The number of carbonyl (C=O) groups is 1. The van der Waals surface area contributed by atoms with Crippen LogP contribution >= 0.6 is 22.9 Å². The molecule has 6 heteroatoms. The van der Waals surface area contributed by atoms with Crippen LogP contribution < -0.4 is 5.32 Å². The zero-order chi connectivity index (χ0) is 12.3. The lowest BCUT2D eigenvalue weighted by atomic mass is 10.3. The Kier molecular flexibility index (Phi) is 3.61. The minimum absolute atomic E-state index is 0.300. The van der Waals surface area contributed by atoms with E-state index in [1.807, 2.05) is 12.1 Å². The van der Waals surface area contributed by atoms with Gasteiger partial charge in [-0.15, -0.1) is 11.3 Å². The number of halogens is 1. The van der Waals surface area contributed by atoms with Crippen LogP contribution in [0.15, 0.2) is 29.6 Å². The first-order valence-electron chi connectivity index (χ1n) is 4.75. The highest BCUT2D eigenvalue weighted by Crippen LogP contribution is 2.22. The van der Waals surface area contributed by atoms with Crippen LogP contribution in [-0.2, 0) is 4.74 Å². The summed E-state index contributed by atoms with van der Waals surface area (Å²) in [6.45, 7) is 0. The summed E-state index contributed by atoms with van der Waals surface area (Å²) in [4.78, 5) is 15.3. The van der Waals surface area contributed by atoms with Crippen LogP contribution in [0.2, 0.25) is 5.02 Å². The first-order chi connectivity index (χ1) is 8.19. The van der Waals surface area contributed by atoms with Crippen molar-refractivity contribution in [1.82, 2.24) is 4.98 Å². The molecule has 0 saturated carbocycles. The molecule has 0 spiro atoms. The van der Waals surface area contributed by atoms with Gasteiger partial charge in [0.05, 0.1) is 7.11 Å². The fraction of sp³-hybridized carbons (Fsp3) is 0.0909. The number of hydrogen-bond donors (Lipinski definition) is 1. The second-order valence-corrected chi connectivity index (χ2v) is 4.46. The summed E-state index contributed by atoms with van der Waals surface area (Å²) in [5.74, 6) is -0.439. The van der Waals surface area contributed by atoms with E-state index in [0.29, 0.717) is 15.8 Å². The number of nitrogens with zero attached hydrogens (tertiary/aromatic N) is 1. The Labute approximate surface area is 107 Å². The Bertz CT molecular complexity index is 525. The first-order valence-corrected chi connectivity index (χ1v) is 6.01. The Morgan fingerprint density at radius 3 is 2.76 bits per heavy atom. The van der Waals surface area contributed by atoms with Gasteiger partial charge in [0.15, 0.2) is 10.8 Å². The average molecular weight is 269 g/mol. The number of thiazole rings is 1. The topological polar surface area (TPSA) is 51.2 Å². The van der Waals surface area contributed by atoms with Gasteiger partial charge in [-0.1, -0.05) is 11.6 Å². The maximum Gasteiger partial charge on any atom is 0.357 e. The molecule has 17 heavy (non-hydrogen) atoms. The molecular weight excluding hydrogens is 260 g/mol. The highest BCUT2D eigenvalue weighted by Gasteiger charge is 2.10. The van der Waals surface area contributed by atoms with Gasteiger partial charge in [-0.25, -0.2) is 9.78 Å². The summed E-state index contributed by atoms with van der Waals surface area (Å²) in [6, 6.07) is 7.22. The molecule has 0 atom stereocenters. The van der Waals surface area contributed by atoms with Gasteiger partial charge >= 0.3 is 5.97 Å². The van der Waals surface area contributed by atoms with Crippen LogP contribution in [0.4, 0.5) is 10.8 Å². The van der Waals surface area contributed by atoms with Gasteiger partial charge < -0.3 is 10.1 Å². The van der Waals surface area contributed by atoms with Gasteiger partial charge in [-0.3, -0.25) is 0 Å². The lowest BCUT2D eigenvalue weighted by molar-refractivity contribution is 0.0595. The summed E-state index contributed by atoms with van der Waals surface area (Å²) < 4.78 is 4.58. The van der Waals surface area contributed by atoms with Crippen molar-refractivity contribution in [3.63, 3.8) is 0 Å². The lowest BCUT2D eigenvalue weighted by Crippen LogP contribution is -2.01. The number of carbonyl (C=O) groups excluding carboxylic acids is 1. The predicted octanol–water partition coefficient (Wildman–Crippen LogP) is 3.33. The molecule has 0 aliphatic rings. The molecular formula is C11H9ClN2O2S. The number of ether oxygens (including phenoxy) is 1. The number of nitrogens with one attached hydrogen (secondary N) is 1. The van der Waals surface area contributed by atoms with Crippen molar-refractivity contribution >= 4 is 39.7 Å². The molecule has 0 saturated heterocycles. The largest absolute Gasteiger partial charge is 0.464 e. The minimum Gasteiger partial charge on any atom is -0.464 e. The Balaban J connectivity index is 2.11. The number of rotatable bonds is 3. The molecule has 0 radical (unpaired) electrons. The minimum atomic E-state index is -0.439. The summed E-state index contributed by atoms with van der Waals surface area (Å²) in [5.41, 5.74) is 1.16. The quantitative estimate of drug-likeness (QED) is 0.868. The van der Waals surface area contributed by atoms with E-state index >= 15 is 0 Å². The molecule has 0 aliphatic carbocycles. The maximum atomic E-state index is 11.2. The molecule has 2 rings (SSSR count). The third-order valence-electron chi connectivity index (χ3n) is 1.99. The van der Waals surface area contributed by atoms with Crippen LogP contribution in [0.5, 0.6) is 0 Å². The molecule has 4 nitrogen and oxygen atoms in total. The number of benzene rings is 1. The average Bonchev–Trinajstić information content (AvgIpc) is 2.80. The van der Waals surface area contributed by atoms with Gasteiger partial charge in [0.1, 0.15) is 0 Å². The lowest BCUT2D eigenvalue weighted by Gasteiger charge is -2.01. The van der Waals surface area contributed by atoms with E-state index in [-0.39, 0.29) is 0 Å². The molecule has 0 bridgehead atoms. The van der Waals surface area contributed by atoms with E-state index < -0.39 is 5.97 Å². The van der Waals surface area contributed by atoms with Crippen molar-refractivity contribution in [2.75, 3.05) is 12.4 Å². The number of aromatic nitrogens is 1. The number of esters is 1. The molecule has 1 aromatic heterocycles. The van der Waals surface area contributed by atoms with Crippen LogP contribution in [0.3, 0.4) is 0 Å². The summed E-state index contributed by atoms with van der Waals surface area (Å²) in [5, 5.41) is 6.02. The number of anilines is 2. The first kappa shape index (κ1) is 11.9. The third kappa shape index (κ3) is 2.95. The van der Waals surface area contributed by atoms with Crippen LogP contribution in [0.25, 0.3) is 0 Å². The smallest absolute Gasteiger partial charge is 0.357 e.